The fourth-order valence-electron chi connectivity index (χ4n) is 3.66. The van der Waals surface area contributed by atoms with Crippen LogP contribution in [0.1, 0.15) is 30.6 Å². The summed E-state index contributed by atoms with van der Waals surface area (Å²) in [6.45, 7) is 4.82. The normalized spacial score (nSPS) is 28.5. The van der Waals surface area contributed by atoms with Crippen molar-refractivity contribution in [3.05, 3.63) is 33.9 Å². The molecule has 1 heterocycles. The van der Waals surface area contributed by atoms with E-state index in [1.807, 2.05) is 0 Å². The first-order valence-electron chi connectivity index (χ1n) is 7.22. The highest BCUT2D eigenvalue weighted by molar-refractivity contribution is 5.95. The predicted molar refractivity (Wildman–Crippen MR) is 77.6 cm³/mol. The number of benzene rings is 1. The van der Waals surface area contributed by atoms with E-state index >= 15 is 0 Å². The van der Waals surface area contributed by atoms with Gasteiger partial charge < -0.3 is 15.2 Å². The molecule has 2 fully saturated rings. The van der Waals surface area contributed by atoms with E-state index in [1.165, 1.54) is 6.07 Å². The lowest BCUT2D eigenvalue weighted by atomic mass is 9.57. The number of nitrogens with zero attached hydrogens (tertiary/aromatic N) is 1. The first-order chi connectivity index (χ1) is 10.3. The van der Waals surface area contributed by atoms with Crippen molar-refractivity contribution in [2.75, 3.05) is 6.61 Å². The van der Waals surface area contributed by atoms with Crippen molar-refractivity contribution in [1.29, 1.82) is 0 Å². The van der Waals surface area contributed by atoms with Gasteiger partial charge in [-0.05, 0) is 18.6 Å². The van der Waals surface area contributed by atoms with Crippen LogP contribution in [0.3, 0.4) is 0 Å². The zero-order valence-corrected chi connectivity index (χ0v) is 12.4. The Bertz CT molecular complexity index is 643. The predicted octanol–water partition coefficient (Wildman–Crippen LogP) is 1.84. The molecule has 1 aromatic rings. The maximum atomic E-state index is 12.3. The van der Waals surface area contributed by atoms with E-state index in [0.717, 1.165) is 18.6 Å². The van der Waals surface area contributed by atoms with Gasteiger partial charge in [-0.3, -0.25) is 14.9 Å². The van der Waals surface area contributed by atoms with Crippen LogP contribution in [0.2, 0.25) is 0 Å². The quantitative estimate of drug-likeness (QED) is 0.655. The largest absolute Gasteiger partial charge is 0.502 e. The Morgan fingerprint density at radius 1 is 1.50 bits per heavy atom. The molecule has 7 nitrogen and oxygen atoms in total. The first-order valence-corrected chi connectivity index (χ1v) is 7.22. The molecule has 22 heavy (non-hydrogen) atoms. The van der Waals surface area contributed by atoms with Crippen molar-refractivity contribution in [2.45, 2.75) is 32.4 Å². The number of fused-ring (bicyclic) bond motifs is 1. The average molecular weight is 306 g/mol. The fourth-order valence-corrected chi connectivity index (χ4v) is 3.66. The number of carbonyl (C=O) groups excluding carboxylic acids is 1. The Morgan fingerprint density at radius 2 is 2.23 bits per heavy atom. The summed E-state index contributed by atoms with van der Waals surface area (Å²) < 4.78 is 5.68. The van der Waals surface area contributed by atoms with E-state index in [2.05, 4.69) is 19.2 Å². The van der Waals surface area contributed by atoms with E-state index < -0.39 is 16.4 Å². The number of hydrogen-bond acceptors (Lipinski definition) is 5. The van der Waals surface area contributed by atoms with E-state index in [0.29, 0.717) is 12.5 Å². The van der Waals surface area contributed by atoms with E-state index in [-0.39, 0.29) is 29.0 Å². The number of nitro benzene ring substituents is 1. The second-order valence-electron chi connectivity index (χ2n) is 6.48. The SMILES string of the molecule is CC1(C)[C@H](NC(=O)c2ccc([N+](=O)[O-])c(O)c2)[C@H]2CCO[C@@H]21. The highest BCUT2D eigenvalue weighted by Gasteiger charge is 2.59. The molecule has 1 aliphatic heterocycles. The minimum Gasteiger partial charge on any atom is -0.502 e. The third kappa shape index (κ3) is 2.12. The monoisotopic (exact) mass is 306 g/mol. The van der Waals surface area contributed by atoms with Gasteiger partial charge in [0.15, 0.2) is 5.75 Å². The smallest absolute Gasteiger partial charge is 0.310 e. The highest BCUT2D eigenvalue weighted by atomic mass is 16.6. The Kier molecular flexibility index (Phi) is 3.32. The Hall–Kier alpha value is -2.15. The number of hydrogen-bond donors (Lipinski definition) is 2. The molecule has 0 bridgehead atoms. The summed E-state index contributed by atoms with van der Waals surface area (Å²) in [7, 11) is 0. The van der Waals surface area contributed by atoms with Crippen LogP contribution in [0.4, 0.5) is 5.69 Å². The number of phenolic OH excluding ortho intramolecular Hbond substituents is 1. The van der Waals surface area contributed by atoms with Crippen molar-refractivity contribution >= 4 is 11.6 Å². The van der Waals surface area contributed by atoms with Crippen LogP contribution in [0.5, 0.6) is 5.75 Å². The van der Waals surface area contributed by atoms with Crippen molar-refractivity contribution in [3.63, 3.8) is 0 Å². The van der Waals surface area contributed by atoms with Gasteiger partial charge in [0.1, 0.15) is 0 Å². The average Bonchev–Trinajstić information content (AvgIpc) is 2.90. The van der Waals surface area contributed by atoms with Gasteiger partial charge in [-0.1, -0.05) is 13.8 Å². The number of rotatable bonds is 3. The molecular weight excluding hydrogens is 288 g/mol. The van der Waals surface area contributed by atoms with Gasteiger partial charge in [-0.25, -0.2) is 0 Å². The highest BCUT2D eigenvalue weighted by Crippen LogP contribution is 2.52. The maximum absolute atomic E-state index is 12.3. The Labute approximate surface area is 127 Å². The van der Waals surface area contributed by atoms with Gasteiger partial charge in [0.05, 0.1) is 11.0 Å². The number of ether oxygens (including phenoxy) is 1. The molecule has 2 N–H and O–H groups in total. The molecule has 118 valence electrons. The number of nitrogens with one attached hydrogen (secondary N) is 1. The van der Waals surface area contributed by atoms with Gasteiger partial charge in [0.2, 0.25) is 0 Å². The van der Waals surface area contributed by atoms with Crippen LogP contribution >= 0.6 is 0 Å². The second kappa shape index (κ2) is 4.95. The Morgan fingerprint density at radius 3 is 2.86 bits per heavy atom. The minimum atomic E-state index is -0.688. The number of amides is 1. The van der Waals surface area contributed by atoms with Crippen LogP contribution in [0.25, 0.3) is 0 Å². The van der Waals surface area contributed by atoms with Crippen LogP contribution in [0.15, 0.2) is 18.2 Å². The number of nitro groups is 1. The van der Waals surface area contributed by atoms with Crippen molar-refractivity contribution < 1.29 is 19.6 Å². The fraction of sp³-hybridized carbons (Fsp3) is 0.533. The zero-order chi connectivity index (χ0) is 16.1. The number of aromatic hydroxyl groups is 1. The standard InChI is InChI=1S/C15H18N2O5/c1-15(2)12(9-5-6-22-13(9)15)16-14(19)8-3-4-10(17(20)21)11(18)7-8/h3-4,7,9,12-13,18H,5-6H2,1-2H3,(H,16,19)/t9-,12-,13+/m1/s1. The summed E-state index contributed by atoms with van der Waals surface area (Å²) in [6.07, 6.45) is 1.09. The van der Waals surface area contributed by atoms with Crippen LogP contribution in [-0.4, -0.2) is 34.7 Å². The third-order valence-electron chi connectivity index (χ3n) is 4.82. The molecule has 2 aliphatic rings. The molecule has 0 radical (unpaired) electrons. The topological polar surface area (TPSA) is 102 Å². The summed E-state index contributed by atoms with van der Waals surface area (Å²) >= 11 is 0. The summed E-state index contributed by atoms with van der Waals surface area (Å²) in [5.74, 6) is -0.535. The molecule has 1 aliphatic carbocycles. The summed E-state index contributed by atoms with van der Waals surface area (Å²) in [5, 5.41) is 23.3. The maximum Gasteiger partial charge on any atom is 0.310 e. The van der Waals surface area contributed by atoms with Crippen molar-refractivity contribution in [2.24, 2.45) is 11.3 Å². The molecule has 0 aromatic heterocycles. The zero-order valence-electron chi connectivity index (χ0n) is 12.4. The van der Waals surface area contributed by atoms with Gasteiger partial charge in [0, 0.05) is 35.6 Å². The molecule has 0 unspecified atom stereocenters. The second-order valence-corrected chi connectivity index (χ2v) is 6.48. The van der Waals surface area contributed by atoms with Crippen molar-refractivity contribution in [1.82, 2.24) is 5.32 Å². The molecule has 3 rings (SSSR count). The first kappa shape index (κ1) is 14.8. The summed E-state index contributed by atoms with van der Waals surface area (Å²) in [4.78, 5) is 22.3. The molecular formula is C15H18N2O5. The molecule has 1 saturated carbocycles. The van der Waals surface area contributed by atoms with E-state index in [1.54, 1.807) is 0 Å². The summed E-state index contributed by atoms with van der Waals surface area (Å²) in [6, 6.07) is 3.62. The summed E-state index contributed by atoms with van der Waals surface area (Å²) in [5.41, 5.74) is -0.342. The molecule has 0 spiro atoms. The minimum absolute atomic E-state index is 0.00448. The lowest BCUT2D eigenvalue weighted by molar-refractivity contribution is -0.385. The molecule has 1 amide bonds. The Balaban J connectivity index is 1.75. The van der Waals surface area contributed by atoms with E-state index in [9.17, 15) is 20.0 Å². The molecule has 3 atom stereocenters. The van der Waals surface area contributed by atoms with Gasteiger partial charge in [-0.2, -0.15) is 0 Å². The van der Waals surface area contributed by atoms with Crippen LogP contribution in [-0.2, 0) is 4.74 Å². The van der Waals surface area contributed by atoms with Gasteiger partial charge in [0.25, 0.3) is 5.91 Å². The molecule has 1 aromatic carbocycles. The lowest BCUT2D eigenvalue weighted by Crippen LogP contribution is -2.66. The molecule has 1 saturated heterocycles. The number of phenols is 1. The third-order valence-corrected chi connectivity index (χ3v) is 4.82. The number of carbonyl (C=O) groups is 1. The van der Waals surface area contributed by atoms with Gasteiger partial charge in [-0.15, -0.1) is 0 Å². The van der Waals surface area contributed by atoms with Gasteiger partial charge >= 0.3 is 5.69 Å². The van der Waals surface area contributed by atoms with Crippen LogP contribution < -0.4 is 5.32 Å². The van der Waals surface area contributed by atoms with E-state index in [4.69, 9.17) is 4.74 Å². The lowest BCUT2D eigenvalue weighted by Gasteiger charge is -2.54. The molecule has 7 heteroatoms. The van der Waals surface area contributed by atoms with Crippen LogP contribution in [0, 0.1) is 21.4 Å². The van der Waals surface area contributed by atoms with Crippen molar-refractivity contribution in [3.8, 4) is 5.75 Å².